The van der Waals surface area contributed by atoms with Gasteiger partial charge in [0.15, 0.2) is 0 Å². The third kappa shape index (κ3) is 3.68. The summed E-state index contributed by atoms with van der Waals surface area (Å²) in [6.45, 7) is 6.87. The summed E-state index contributed by atoms with van der Waals surface area (Å²) in [5, 5.41) is 3.33. The van der Waals surface area contributed by atoms with E-state index >= 15 is 0 Å². The highest BCUT2D eigenvalue weighted by Crippen LogP contribution is 2.20. The van der Waals surface area contributed by atoms with Crippen molar-refractivity contribution in [3.05, 3.63) is 28.2 Å². The Kier molecular flexibility index (Phi) is 3.56. The van der Waals surface area contributed by atoms with E-state index in [1.165, 1.54) is 5.56 Å². The van der Waals surface area contributed by atoms with Gasteiger partial charge in [-0.3, -0.25) is 0 Å². The highest BCUT2D eigenvalue weighted by Gasteiger charge is 2.10. The van der Waals surface area contributed by atoms with Gasteiger partial charge in [-0.05, 0) is 44.5 Å². The molecule has 0 saturated heterocycles. The van der Waals surface area contributed by atoms with Crippen LogP contribution in [0.2, 0.25) is 0 Å². The summed E-state index contributed by atoms with van der Waals surface area (Å²) in [7, 11) is 0. The van der Waals surface area contributed by atoms with Crippen LogP contribution in [0.25, 0.3) is 0 Å². The lowest BCUT2D eigenvalue weighted by Gasteiger charge is -2.20. The van der Waals surface area contributed by atoms with Gasteiger partial charge in [-0.15, -0.1) is 0 Å². The van der Waals surface area contributed by atoms with Gasteiger partial charge in [-0.2, -0.15) is 0 Å². The maximum Gasteiger partial charge on any atom is 0.0371 e. The molecule has 0 amide bonds. The molecule has 0 atom stereocenters. The van der Waals surface area contributed by atoms with Crippen molar-refractivity contribution in [3.63, 3.8) is 0 Å². The third-order valence-corrected chi connectivity index (χ3v) is 2.42. The van der Waals surface area contributed by atoms with Crippen LogP contribution in [0.15, 0.2) is 22.7 Å². The molecule has 0 saturated carbocycles. The first kappa shape index (κ1) is 11.5. The molecule has 0 aliphatic heterocycles. The van der Waals surface area contributed by atoms with Gasteiger partial charge in [0, 0.05) is 22.2 Å². The number of hydrogen-bond donors (Lipinski definition) is 2. The average Bonchev–Trinajstić information content (AvgIpc) is 2.00. The van der Waals surface area contributed by atoms with E-state index in [0.717, 1.165) is 16.7 Å². The van der Waals surface area contributed by atoms with Crippen molar-refractivity contribution in [2.24, 2.45) is 5.73 Å². The van der Waals surface area contributed by atoms with Gasteiger partial charge in [0.2, 0.25) is 0 Å². The zero-order valence-electron chi connectivity index (χ0n) is 8.89. The monoisotopic (exact) mass is 256 g/mol. The second kappa shape index (κ2) is 4.32. The molecule has 14 heavy (non-hydrogen) atoms. The predicted molar refractivity (Wildman–Crippen MR) is 65.6 cm³/mol. The first-order valence-electron chi connectivity index (χ1n) is 4.67. The highest BCUT2D eigenvalue weighted by molar-refractivity contribution is 9.10. The Morgan fingerprint density at radius 3 is 2.57 bits per heavy atom. The van der Waals surface area contributed by atoms with Crippen LogP contribution in [0.3, 0.4) is 0 Å². The summed E-state index contributed by atoms with van der Waals surface area (Å²) in [5.74, 6) is 0. The van der Waals surface area contributed by atoms with Gasteiger partial charge in [0.25, 0.3) is 0 Å². The fourth-order valence-electron chi connectivity index (χ4n) is 1.15. The molecule has 2 nitrogen and oxygen atoms in total. The van der Waals surface area contributed by atoms with Gasteiger partial charge >= 0.3 is 0 Å². The van der Waals surface area contributed by atoms with E-state index in [9.17, 15) is 0 Å². The minimum absolute atomic E-state index is 0.181. The van der Waals surface area contributed by atoms with Crippen LogP contribution in [-0.4, -0.2) is 12.1 Å². The molecule has 0 bridgehead atoms. The fourth-order valence-corrected chi connectivity index (χ4v) is 1.62. The van der Waals surface area contributed by atoms with Crippen LogP contribution in [-0.2, 0) is 0 Å². The Balaban J connectivity index is 2.68. The molecule has 3 heteroatoms. The molecule has 0 spiro atoms. The lowest BCUT2D eigenvalue weighted by molar-refractivity contribution is 0.549. The molecule has 0 heterocycles. The molecule has 0 aliphatic rings. The van der Waals surface area contributed by atoms with Gasteiger partial charge in [0.1, 0.15) is 0 Å². The largest absolute Gasteiger partial charge is 0.383 e. The van der Waals surface area contributed by atoms with Crippen molar-refractivity contribution >= 4 is 21.6 Å². The smallest absolute Gasteiger partial charge is 0.0371 e. The van der Waals surface area contributed by atoms with E-state index in [0.29, 0.717) is 0 Å². The number of nitrogens with one attached hydrogen (secondary N) is 1. The van der Waals surface area contributed by atoms with Crippen molar-refractivity contribution in [2.45, 2.75) is 26.3 Å². The van der Waals surface area contributed by atoms with Crippen LogP contribution < -0.4 is 11.1 Å². The zero-order valence-corrected chi connectivity index (χ0v) is 10.5. The molecule has 0 radical (unpaired) electrons. The molecule has 1 aromatic rings. The topological polar surface area (TPSA) is 38.0 Å². The SMILES string of the molecule is Cc1cc(Br)ccc1NCC(C)(C)N. The van der Waals surface area contributed by atoms with Gasteiger partial charge in [-0.1, -0.05) is 15.9 Å². The van der Waals surface area contributed by atoms with Gasteiger partial charge < -0.3 is 11.1 Å². The molecule has 0 fully saturated rings. The molecular weight excluding hydrogens is 240 g/mol. The Bertz CT molecular complexity index is 316. The summed E-state index contributed by atoms with van der Waals surface area (Å²) in [5.41, 5.74) is 8.08. The van der Waals surface area contributed by atoms with Crippen molar-refractivity contribution in [1.29, 1.82) is 0 Å². The number of nitrogens with two attached hydrogens (primary N) is 1. The minimum atomic E-state index is -0.181. The third-order valence-electron chi connectivity index (χ3n) is 1.92. The van der Waals surface area contributed by atoms with Crippen LogP contribution in [0.4, 0.5) is 5.69 Å². The Hall–Kier alpha value is -0.540. The molecule has 0 aromatic heterocycles. The Morgan fingerprint density at radius 2 is 2.07 bits per heavy atom. The quantitative estimate of drug-likeness (QED) is 0.873. The molecule has 0 unspecified atom stereocenters. The van der Waals surface area contributed by atoms with E-state index < -0.39 is 0 Å². The fraction of sp³-hybridized carbons (Fsp3) is 0.455. The predicted octanol–water partition coefficient (Wildman–Crippen LogP) is 2.91. The van der Waals surface area contributed by atoms with Crippen LogP contribution in [0.1, 0.15) is 19.4 Å². The average molecular weight is 257 g/mol. The Labute approximate surface area is 94.0 Å². The second-order valence-corrected chi connectivity index (χ2v) is 5.22. The maximum atomic E-state index is 5.89. The van der Waals surface area contributed by atoms with E-state index in [1.807, 2.05) is 19.9 Å². The van der Waals surface area contributed by atoms with Crippen molar-refractivity contribution in [3.8, 4) is 0 Å². The molecule has 1 aromatic carbocycles. The molecule has 3 N–H and O–H groups in total. The van der Waals surface area contributed by atoms with Crippen LogP contribution in [0.5, 0.6) is 0 Å². The lowest BCUT2D eigenvalue weighted by Crippen LogP contribution is -2.39. The Morgan fingerprint density at radius 1 is 1.43 bits per heavy atom. The number of aryl methyl sites for hydroxylation is 1. The summed E-state index contributed by atoms with van der Waals surface area (Å²) in [4.78, 5) is 0. The van der Waals surface area contributed by atoms with E-state index in [-0.39, 0.29) is 5.54 Å². The van der Waals surface area contributed by atoms with Crippen molar-refractivity contribution in [1.82, 2.24) is 0 Å². The second-order valence-electron chi connectivity index (χ2n) is 4.30. The first-order chi connectivity index (χ1) is 6.38. The number of benzene rings is 1. The summed E-state index contributed by atoms with van der Waals surface area (Å²) in [6, 6.07) is 6.18. The van der Waals surface area contributed by atoms with E-state index in [2.05, 4.69) is 40.3 Å². The zero-order chi connectivity index (χ0) is 10.8. The van der Waals surface area contributed by atoms with Gasteiger partial charge in [-0.25, -0.2) is 0 Å². The number of anilines is 1. The van der Waals surface area contributed by atoms with Crippen LogP contribution in [0, 0.1) is 6.92 Å². The van der Waals surface area contributed by atoms with E-state index in [1.54, 1.807) is 0 Å². The highest BCUT2D eigenvalue weighted by atomic mass is 79.9. The number of halogens is 1. The van der Waals surface area contributed by atoms with Crippen LogP contribution >= 0.6 is 15.9 Å². The lowest BCUT2D eigenvalue weighted by atomic mass is 10.1. The summed E-state index contributed by atoms with van der Waals surface area (Å²) < 4.78 is 1.10. The molecule has 78 valence electrons. The minimum Gasteiger partial charge on any atom is -0.383 e. The normalized spacial score (nSPS) is 11.5. The van der Waals surface area contributed by atoms with Gasteiger partial charge in [0.05, 0.1) is 0 Å². The first-order valence-corrected chi connectivity index (χ1v) is 5.47. The molecule has 1 rings (SSSR count). The number of hydrogen-bond acceptors (Lipinski definition) is 2. The molecule has 0 aliphatic carbocycles. The number of rotatable bonds is 3. The standard InChI is InChI=1S/C11H17BrN2/c1-8-6-9(12)4-5-10(8)14-7-11(2,3)13/h4-6,14H,7,13H2,1-3H3. The van der Waals surface area contributed by atoms with Crippen molar-refractivity contribution < 1.29 is 0 Å². The maximum absolute atomic E-state index is 5.89. The van der Waals surface area contributed by atoms with Crippen molar-refractivity contribution in [2.75, 3.05) is 11.9 Å². The summed E-state index contributed by atoms with van der Waals surface area (Å²) in [6.07, 6.45) is 0. The molecular formula is C11H17BrN2. The van der Waals surface area contributed by atoms with E-state index in [4.69, 9.17) is 5.73 Å². The summed E-state index contributed by atoms with van der Waals surface area (Å²) >= 11 is 3.43.